The van der Waals surface area contributed by atoms with Crippen molar-refractivity contribution in [2.24, 2.45) is 5.73 Å². The van der Waals surface area contributed by atoms with Crippen molar-refractivity contribution in [1.29, 1.82) is 0 Å². The lowest BCUT2D eigenvalue weighted by atomic mass is 10.0. The first-order chi connectivity index (χ1) is 10.8. The highest BCUT2D eigenvalue weighted by Gasteiger charge is 2.28. The van der Waals surface area contributed by atoms with E-state index < -0.39 is 5.54 Å². The number of carbonyl (C=O) groups excluding carboxylic acids is 2. The molecule has 1 heterocycles. The van der Waals surface area contributed by atoms with Gasteiger partial charge in [0.05, 0.1) is 13.2 Å². The Morgan fingerprint density at radius 2 is 2.26 bits per heavy atom. The molecule has 0 aromatic heterocycles. The molecular weight excluding hydrogens is 298 g/mol. The van der Waals surface area contributed by atoms with E-state index in [9.17, 15) is 9.59 Å². The maximum atomic E-state index is 12.2. The van der Waals surface area contributed by atoms with Gasteiger partial charge in [0.1, 0.15) is 12.1 Å². The van der Waals surface area contributed by atoms with E-state index in [1.165, 1.54) is 7.11 Å². The summed E-state index contributed by atoms with van der Waals surface area (Å²) in [4.78, 5) is 25.8. The maximum Gasteiger partial charge on any atom is 0.253 e. The number of nitrogens with two attached hydrogens (primary N) is 1. The number of ether oxygens (including phenoxy) is 2. The lowest BCUT2D eigenvalue weighted by Crippen LogP contribution is -2.52. The average Bonchev–Trinajstić information content (AvgIpc) is 2.48. The van der Waals surface area contributed by atoms with E-state index in [4.69, 9.17) is 15.2 Å². The Labute approximate surface area is 135 Å². The fraction of sp³-hybridized carbons (Fsp3) is 0.500. The van der Waals surface area contributed by atoms with Crippen molar-refractivity contribution in [3.8, 4) is 0 Å². The molecule has 1 aliphatic rings. The topological polar surface area (TPSA) is 93.9 Å². The van der Waals surface area contributed by atoms with Crippen molar-refractivity contribution in [3.63, 3.8) is 0 Å². The van der Waals surface area contributed by atoms with Crippen LogP contribution in [-0.2, 0) is 19.1 Å². The number of benzene rings is 1. The third-order valence-corrected chi connectivity index (χ3v) is 3.69. The number of carbonyl (C=O) groups is 2. The van der Waals surface area contributed by atoms with Crippen LogP contribution in [0.25, 0.3) is 0 Å². The summed E-state index contributed by atoms with van der Waals surface area (Å²) in [7, 11) is 1.50. The Bertz CT molecular complexity index is 601. The van der Waals surface area contributed by atoms with Gasteiger partial charge in [-0.2, -0.15) is 0 Å². The van der Waals surface area contributed by atoms with Crippen molar-refractivity contribution in [1.82, 2.24) is 0 Å². The van der Waals surface area contributed by atoms with Crippen molar-refractivity contribution in [2.45, 2.75) is 19.4 Å². The molecule has 126 valence electrons. The van der Waals surface area contributed by atoms with Gasteiger partial charge in [-0.05, 0) is 37.6 Å². The molecule has 0 spiro atoms. The highest BCUT2D eigenvalue weighted by atomic mass is 16.5. The van der Waals surface area contributed by atoms with Crippen LogP contribution in [0.1, 0.15) is 12.5 Å². The van der Waals surface area contributed by atoms with Crippen LogP contribution in [0.15, 0.2) is 18.2 Å². The molecule has 3 N–H and O–H groups in total. The molecule has 7 heteroatoms. The molecular formula is C16H23N3O4. The van der Waals surface area contributed by atoms with Crippen molar-refractivity contribution in [2.75, 3.05) is 43.7 Å². The molecule has 23 heavy (non-hydrogen) atoms. The zero-order valence-electron chi connectivity index (χ0n) is 13.7. The number of hydrogen-bond acceptors (Lipinski definition) is 5. The Morgan fingerprint density at radius 3 is 2.87 bits per heavy atom. The average molecular weight is 321 g/mol. The quantitative estimate of drug-likeness (QED) is 0.831. The summed E-state index contributed by atoms with van der Waals surface area (Å²) >= 11 is 0. The predicted octanol–water partition coefficient (Wildman–Crippen LogP) is 0.661. The molecule has 0 saturated carbocycles. The van der Waals surface area contributed by atoms with Gasteiger partial charge in [-0.1, -0.05) is 0 Å². The van der Waals surface area contributed by atoms with Crippen molar-refractivity contribution < 1.29 is 19.1 Å². The van der Waals surface area contributed by atoms with Gasteiger partial charge in [0.25, 0.3) is 5.91 Å². The molecule has 1 fully saturated rings. The number of rotatable bonds is 5. The van der Waals surface area contributed by atoms with Gasteiger partial charge >= 0.3 is 0 Å². The fourth-order valence-electron chi connectivity index (χ4n) is 2.45. The molecule has 2 amide bonds. The van der Waals surface area contributed by atoms with E-state index in [1.807, 2.05) is 19.1 Å². The Balaban J connectivity index is 2.13. The van der Waals surface area contributed by atoms with Gasteiger partial charge in [0.2, 0.25) is 5.91 Å². The Morgan fingerprint density at radius 1 is 1.52 bits per heavy atom. The largest absolute Gasteiger partial charge is 0.382 e. The minimum Gasteiger partial charge on any atom is -0.382 e. The normalized spacial score (nSPS) is 17.7. The predicted molar refractivity (Wildman–Crippen MR) is 87.4 cm³/mol. The number of amides is 2. The summed E-state index contributed by atoms with van der Waals surface area (Å²) in [5.41, 5.74) is 7.15. The van der Waals surface area contributed by atoms with Gasteiger partial charge in [-0.3, -0.25) is 9.59 Å². The number of morpholine rings is 1. The zero-order valence-corrected chi connectivity index (χ0v) is 13.7. The monoisotopic (exact) mass is 321 g/mol. The number of nitrogens with one attached hydrogen (secondary N) is 1. The molecule has 0 radical (unpaired) electrons. The Hall–Kier alpha value is -1.96. The molecule has 0 unspecified atom stereocenters. The van der Waals surface area contributed by atoms with Crippen LogP contribution in [-0.4, -0.2) is 50.8 Å². The number of methoxy groups -OCH3 is 1. The molecule has 1 aliphatic heterocycles. The van der Waals surface area contributed by atoms with E-state index >= 15 is 0 Å². The highest BCUT2D eigenvalue weighted by molar-refractivity contribution is 5.99. The number of anilines is 2. The maximum absolute atomic E-state index is 12.2. The van der Waals surface area contributed by atoms with E-state index in [1.54, 1.807) is 17.9 Å². The minimum absolute atomic E-state index is 0.0641. The Kier molecular flexibility index (Phi) is 5.35. The first kappa shape index (κ1) is 17.4. The minimum atomic E-state index is -1.11. The van der Waals surface area contributed by atoms with Crippen molar-refractivity contribution in [3.05, 3.63) is 23.8 Å². The van der Waals surface area contributed by atoms with Crippen LogP contribution >= 0.6 is 0 Å². The molecule has 1 saturated heterocycles. The molecule has 0 bridgehead atoms. The lowest BCUT2D eigenvalue weighted by molar-refractivity contribution is -0.125. The van der Waals surface area contributed by atoms with Crippen LogP contribution in [0.2, 0.25) is 0 Å². The summed E-state index contributed by atoms with van der Waals surface area (Å²) in [5, 5.41) is 2.78. The smallest absolute Gasteiger partial charge is 0.253 e. The third kappa shape index (κ3) is 4.07. The second-order valence-electron chi connectivity index (χ2n) is 5.90. The van der Waals surface area contributed by atoms with E-state index in [0.717, 1.165) is 11.3 Å². The standard InChI is InChI=1S/C16H23N3O4/c1-11-8-12(18-15(21)16(2,17)10-22-3)4-5-13(11)19-6-7-23-9-14(19)20/h4-5,8H,6-7,9-10,17H2,1-3H3,(H,18,21)/t16-/m1/s1. The van der Waals surface area contributed by atoms with E-state index in [2.05, 4.69) is 5.32 Å². The van der Waals surface area contributed by atoms with Gasteiger partial charge < -0.3 is 25.4 Å². The van der Waals surface area contributed by atoms with Gasteiger partial charge in [0, 0.05) is 25.0 Å². The van der Waals surface area contributed by atoms with E-state index in [-0.39, 0.29) is 25.0 Å². The first-order valence-corrected chi connectivity index (χ1v) is 7.43. The summed E-state index contributed by atoms with van der Waals surface area (Å²) in [5.74, 6) is -0.389. The molecule has 1 aromatic rings. The van der Waals surface area contributed by atoms with E-state index in [0.29, 0.717) is 18.8 Å². The van der Waals surface area contributed by atoms with Gasteiger partial charge in [-0.25, -0.2) is 0 Å². The third-order valence-electron chi connectivity index (χ3n) is 3.69. The van der Waals surface area contributed by atoms with Crippen LogP contribution < -0.4 is 16.0 Å². The fourth-order valence-corrected chi connectivity index (χ4v) is 2.45. The summed E-state index contributed by atoms with van der Waals surface area (Å²) in [6.07, 6.45) is 0. The van der Waals surface area contributed by atoms with Crippen molar-refractivity contribution >= 4 is 23.2 Å². The summed E-state index contributed by atoms with van der Waals surface area (Å²) in [6, 6.07) is 5.39. The lowest BCUT2D eigenvalue weighted by Gasteiger charge is -2.28. The van der Waals surface area contributed by atoms with Crippen LogP contribution in [0.5, 0.6) is 0 Å². The number of aryl methyl sites for hydroxylation is 1. The van der Waals surface area contributed by atoms with Crippen LogP contribution in [0.4, 0.5) is 11.4 Å². The van der Waals surface area contributed by atoms with Crippen LogP contribution in [0, 0.1) is 6.92 Å². The second-order valence-corrected chi connectivity index (χ2v) is 5.90. The molecule has 7 nitrogen and oxygen atoms in total. The van der Waals surface area contributed by atoms with Gasteiger partial charge in [0.15, 0.2) is 0 Å². The summed E-state index contributed by atoms with van der Waals surface area (Å²) < 4.78 is 10.1. The first-order valence-electron chi connectivity index (χ1n) is 7.43. The second kappa shape index (κ2) is 7.08. The molecule has 2 rings (SSSR count). The zero-order chi connectivity index (χ0) is 17.0. The molecule has 1 aromatic carbocycles. The number of nitrogens with zero attached hydrogens (tertiary/aromatic N) is 1. The molecule has 1 atom stereocenters. The highest BCUT2D eigenvalue weighted by Crippen LogP contribution is 2.25. The molecule has 0 aliphatic carbocycles. The SMILES string of the molecule is COC[C@@](C)(N)C(=O)Nc1ccc(N2CCOCC2=O)c(C)c1. The summed E-state index contributed by atoms with van der Waals surface area (Å²) in [6.45, 7) is 4.77. The number of hydrogen-bond donors (Lipinski definition) is 2. The van der Waals surface area contributed by atoms with Crippen LogP contribution in [0.3, 0.4) is 0 Å². The van der Waals surface area contributed by atoms with Gasteiger partial charge in [-0.15, -0.1) is 0 Å².